The molecule has 67 heavy (non-hydrogen) atoms. The van der Waals surface area contributed by atoms with Crippen LogP contribution < -0.4 is 150 Å². The van der Waals surface area contributed by atoms with E-state index in [0.717, 1.165) is 60.4 Å². The third-order valence-corrected chi connectivity index (χ3v) is 17.2. The molecule has 0 unspecified atom stereocenters. The van der Waals surface area contributed by atoms with Gasteiger partial charge in [0.05, 0.1) is 19.6 Å². The molecule has 0 atom stereocenters. The fourth-order valence-corrected chi connectivity index (χ4v) is 13.1. The zero-order valence-corrected chi connectivity index (χ0v) is 52.4. The Bertz CT molecular complexity index is 2640. The summed E-state index contributed by atoms with van der Waals surface area (Å²) in [6.45, 7) is 0. The average Bonchev–Trinajstić information content (AvgIpc) is 3.81. The van der Waals surface area contributed by atoms with E-state index in [4.69, 9.17) is 0 Å². The predicted octanol–water partition coefficient (Wildman–Crippen LogP) is -7.28. The Morgan fingerprint density at radius 2 is 0.567 bits per heavy atom. The first-order valence-corrected chi connectivity index (χ1v) is 31.2. The molecular weight excluding hydrogens is 1260 g/mol. The van der Waals surface area contributed by atoms with E-state index >= 15 is 0 Å². The van der Waals surface area contributed by atoms with E-state index in [-0.39, 0.29) is 138 Å². The second-order valence-electron chi connectivity index (χ2n) is 13.2. The Morgan fingerprint density at radius 3 is 0.701 bits per heavy atom. The van der Waals surface area contributed by atoms with Crippen molar-refractivity contribution < 1.29 is 206 Å². The molecule has 2 aliphatic rings. The van der Waals surface area contributed by atoms with Crippen LogP contribution in [0.25, 0.3) is 0 Å². The zero-order chi connectivity index (χ0) is 46.2. The van der Waals surface area contributed by atoms with Gasteiger partial charge >= 0.3 is 155 Å². The summed E-state index contributed by atoms with van der Waals surface area (Å²) in [5.41, 5.74) is 0. The summed E-state index contributed by atoms with van der Waals surface area (Å²) in [5, 5.41) is 3.37. The monoisotopic (exact) mass is 1280 g/mol. The molecular formula is C37H28F6Na4O12P2RhS4Sb-. The Balaban J connectivity index is 0.00000196. The maximum atomic E-state index is 11.7. The summed E-state index contributed by atoms with van der Waals surface area (Å²) in [4.78, 5) is -1.92. The average molecular weight is 1290 g/mol. The van der Waals surface area contributed by atoms with E-state index in [9.17, 15) is 68.8 Å². The van der Waals surface area contributed by atoms with Crippen molar-refractivity contribution in [1.29, 1.82) is 0 Å². The van der Waals surface area contributed by atoms with E-state index < -0.39 is 95.4 Å². The Hall–Kier alpha value is 1.10. The second-order valence-corrected chi connectivity index (χ2v) is 28.6. The summed E-state index contributed by atoms with van der Waals surface area (Å²) in [5.74, 6) is 1.62. The van der Waals surface area contributed by atoms with Crippen molar-refractivity contribution in [3.05, 3.63) is 146 Å². The van der Waals surface area contributed by atoms with Crippen LogP contribution in [-0.2, 0) is 60.0 Å². The normalized spacial score (nSPS) is 16.1. The first-order chi connectivity index (χ1) is 28.2. The Labute approximate surface area is 490 Å². The molecule has 343 valence electrons. The maximum absolute atomic E-state index is 11.7. The molecule has 0 saturated heterocycles. The fourth-order valence-electron chi connectivity index (χ4n) is 6.07. The third kappa shape index (κ3) is 21.8. The Kier molecular flexibility index (Phi) is 26.0. The van der Waals surface area contributed by atoms with Gasteiger partial charge in [0.2, 0.25) is 0 Å². The summed E-state index contributed by atoms with van der Waals surface area (Å²) in [6.07, 6.45) is 10.5. The van der Waals surface area contributed by atoms with Crippen molar-refractivity contribution in [3.63, 3.8) is 0 Å². The van der Waals surface area contributed by atoms with Gasteiger partial charge in [-0.2, -0.15) is 0 Å². The number of hydrogen-bond acceptors (Lipinski definition) is 12. The van der Waals surface area contributed by atoms with E-state index in [1.54, 1.807) is 24.3 Å². The number of hydrogen-bond donors (Lipinski definition) is 0. The van der Waals surface area contributed by atoms with Crippen molar-refractivity contribution in [2.24, 2.45) is 11.8 Å². The second kappa shape index (κ2) is 25.6. The van der Waals surface area contributed by atoms with Gasteiger partial charge in [0.15, 0.2) is 0 Å². The summed E-state index contributed by atoms with van der Waals surface area (Å²) in [7, 11) is -22.5. The molecule has 0 N–H and O–H groups in total. The van der Waals surface area contributed by atoms with E-state index in [2.05, 4.69) is 24.3 Å². The molecule has 5 aromatic carbocycles. The number of halogens is 6. The van der Waals surface area contributed by atoms with Crippen molar-refractivity contribution in [3.8, 4) is 0 Å². The van der Waals surface area contributed by atoms with Crippen LogP contribution in [0.5, 0.6) is 0 Å². The molecule has 0 aliphatic heterocycles. The van der Waals surface area contributed by atoms with E-state index in [1.807, 2.05) is 0 Å². The van der Waals surface area contributed by atoms with Gasteiger partial charge in [-0.25, -0.2) is 33.7 Å². The molecule has 30 heteroatoms. The van der Waals surface area contributed by atoms with E-state index in [0.29, 0.717) is 31.8 Å². The summed E-state index contributed by atoms with van der Waals surface area (Å²) in [6, 6.07) is 27.6. The van der Waals surface area contributed by atoms with Crippen LogP contribution in [0.3, 0.4) is 0 Å². The van der Waals surface area contributed by atoms with Crippen LogP contribution in [0.1, 0.15) is 6.42 Å². The topological polar surface area (TPSA) is 229 Å². The van der Waals surface area contributed by atoms with Crippen LogP contribution in [0, 0.1) is 11.8 Å². The standard InChI is InChI=1S/C30H24O12P2S4.C7H8.6FH.4Na.Rh.Sb/c31-45(32,33)25-13-5-21(6-14-25)43(22-7-15-26(16-8-22)46(34,35)36)29-3-1-2-4-30(29)44(23-9-17-27(18-10-23)47(37,38)39)24-11-19-28(20-12-24)48(40,41)42;1-2-7-4-3-6(1)5-7;;;;;;;;;;;;/h1-20H,(H,31,32,33)(H,34,35,36)(H,37,38,39)(H,40,41,42);1-4,6-7H,5H2;6*1H;;;;;;/q;;;;;;;;4*+1;;+5/p-10. The number of allylic oxidation sites excluding steroid dienone is 4. The molecule has 0 spiro atoms. The van der Waals surface area contributed by atoms with Gasteiger partial charge < -0.3 is 18.2 Å². The van der Waals surface area contributed by atoms with Gasteiger partial charge in [-0.1, -0.05) is 97.1 Å². The number of fused-ring (bicyclic) bond motifs is 2. The maximum Gasteiger partial charge on any atom is 1.00 e. The van der Waals surface area contributed by atoms with Gasteiger partial charge in [0.1, 0.15) is 40.5 Å². The van der Waals surface area contributed by atoms with Crippen LogP contribution in [0.4, 0.5) is 16.9 Å². The van der Waals surface area contributed by atoms with Crippen LogP contribution in [-0.4, -0.2) is 71.4 Å². The molecule has 1 radical (unpaired) electrons. The minimum absolute atomic E-state index is 0. The molecule has 0 saturated carbocycles. The molecule has 7 rings (SSSR count). The molecule has 0 heterocycles. The number of rotatable bonds is 10. The minimum atomic E-state index is -11.2. The van der Waals surface area contributed by atoms with Crippen LogP contribution >= 0.6 is 15.8 Å². The van der Waals surface area contributed by atoms with Crippen LogP contribution in [0.2, 0.25) is 0 Å². The van der Waals surface area contributed by atoms with Crippen LogP contribution in [0.15, 0.2) is 165 Å². The quantitative estimate of drug-likeness (QED) is 0.0418. The molecule has 0 fully saturated rings. The van der Waals surface area contributed by atoms with Gasteiger partial charge in [-0.3, -0.25) is 0 Å². The van der Waals surface area contributed by atoms with Gasteiger partial charge in [-0.15, -0.1) is 0 Å². The first kappa shape index (κ1) is 68.1. The molecule has 5 aromatic rings. The molecule has 12 nitrogen and oxygen atoms in total. The first-order valence-electron chi connectivity index (χ1n) is 17.1. The smallest absolute Gasteiger partial charge is 0 e. The van der Waals surface area contributed by atoms with Gasteiger partial charge in [0, 0.05) is 19.5 Å². The molecule has 2 bridgehead atoms. The largest absolute Gasteiger partial charge is 1.00 e. The van der Waals surface area contributed by atoms with Crippen molar-refractivity contribution in [1.82, 2.24) is 0 Å². The molecule has 0 aromatic heterocycles. The molecule has 0 amide bonds. The Morgan fingerprint density at radius 1 is 0.388 bits per heavy atom. The molecule has 2 aliphatic carbocycles. The van der Waals surface area contributed by atoms with E-state index in [1.165, 1.54) is 55.0 Å². The summed E-state index contributed by atoms with van der Waals surface area (Å²) < 4.78 is 200. The summed E-state index contributed by atoms with van der Waals surface area (Å²) >= 11 is -11.2. The predicted molar refractivity (Wildman–Crippen MR) is 218 cm³/mol. The number of benzene rings is 5. The zero-order valence-electron chi connectivity index (χ0n) is 35.2. The minimum Gasteiger partial charge on any atom is 0 e. The SMILES string of the molecule is C1=CC2C=CC1C2.O=S(=O)([O-])c1ccc(P(c2ccc(S(=O)(=O)[O-])cc2)c2ccccc2P(c2ccc(S(=O)(=O)[O-])cc2)c2ccc(S(=O)(=O)[O-])cc2)cc1.[F][Sb-]([F])([F])([F])([F])[F].[Na+].[Na+].[Na+].[Na+].[Rh]. The van der Waals surface area contributed by atoms with Crippen molar-refractivity contribution >= 4 is 108 Å². The van der Waals surface area contributed by atoms with Crippen molar-refractivity contribution in [2.45, 2.75) is 26.0 Å². The van der Waals surface area contributed by atoms with Gasteiger partial charge in [0.25, 0.3) is 0 Å². The van der Waals surface area contributed by atoms with Crippen molar-refractivity contribution in [2.75, 3.05) is 0 Å². The van der Waals surface area contributed by atoms with Gasteiger partial charge in [-0.05, 0) is 114 Å². The third-order valence-electron chi connectivity index (χ3n) is 8.65. The fraction of sp³-hybridized carbons (Fsp3) is 0.0811.